The molecule has 2 saturated heterocycles. The zero-order valence-corrected chi connectivity index (χ0v) is 21.5. The molecular weight excluding hydrogens is 462 g/mol. The van der Waals surface area contributed by atoms with E-state index in [9.17, 15) is 14.4 Å². The molecule has 0 spiro atoms. The van der Waals surface area contributed by atoms with Gasteiger partial charge in [0.05, 0.1) is 5.41 Å². The molecule has 2 aromatic carbocycles. The monoisotopic (exact) mass is 497 g/mol. The summed E-state index contributed by atoms with van der Waals surface area (Å²) >= 11 is 0. The van der Waals surface area contributed by atoms with Crippen LogP contribution in [0.15, 0.2) is 78.4 Å². The first kappa shape index (κ1) is 25.0. The normalized spacial score (nSPS) is 19.9. The average molecular weight is 498 g/mol. The van der Waals surface area contributed by atoms with E-state index in [0.717, 1.165) is 37.1 Å². The average Bonchev–Trinajstić information content (AvgIpc) is 3.39. The Morgan fingerprint density at radius 1 is 0.946 bits per heavy atom. The lowest BCUT2D eigenvalue weighted by atomic mass is 9.71. The lowest BCUT2D eigenvalue weighted by Gasteiger charge is -2.41. The van der Waals surface area contributed by atoms with Crippen LogP contribution in [0.5, 0.6) is 0 Å². The van der Waals surface area contributed by atoms with E-state index < -0.39 is 5.41 Å². The SMILES string of the molecule is C[C@H](NC(=O)C1(c2ccccc2)CCN(C(=O)c2ccc(N3CCCC3=O)cc2)CC1)C1=CC=CCC1. The van der Waals surface area contributed by atoms with Crippen LogP contribution in [0.2, 0.25) is 0 Å². The fourth-order valence-corrected chi connectivity index (χ4v) is 5.79. The van der Waals surface area contributed by atoms with E-state index in [4.69, 9.17) is 0 Å². The summed E-state index contributed by atoms with van der Waals surface area (Å²) in [5.41, 5.74) is 3.03. The first-order valence-electron chi connectivity index (χ1n) is 13.4. The number of piperidine rings is 1. The van der Waals surface area contributed by atoms with Crippen LogP contribution in [-0.2, 0) is 15.0 Å². The number of amides is 3. The summed E-state index contributed by atoms with van der Waals surface area (Å²) in [6.45, 7) is 3.80. The molecule has 5 rings (SSSR count). The molecule has 1 atom stereocenters. The minimum atomic E-state index is -0.669. The van der Waals surface area contributed by atoms with Gasteiger partial charge in [-0.15, -0.1) is 0 Å². The fraction of sp³-hybridized carbons (Fsp3) is 0.387. The lowest BCUT2D eigenvalue weighted by Crippen LogP contribution is -2.54. The number of rotatable bonds is 6. The Kier molecular flexibility index (Phi) is 7.26. The van der Waals surface area contributed by atoms with Gasteiger partial charge in [-0.3, -0.25) is 14.4 Å². The molecule has 2 heterocycles. The standard InChI is InChI=1S/C31H35N3O3/c1-23(24-9-4-2-5-10-24)32-30(37)31(26-11-6-3-7-12-26)18-21-33(22-19-31)29(36)25-14-16-27(17-15-25)34-20-8-13-28(34)35/h2-4,6-7,9,11-12,14-17,23H,5,8,10,13,18-22H2,1H3,(H,32,37)/t23-/m0/s1. The Morgan fingerprint density at radius 3 is 2.30 bits per heavy atom. The smallest absolute Gasteiger partial charge is 0.253 e. The Hall–Kier alpha value is -3.67. The molecule has 0 bridgehead atoms. The Labute approximate surface area is 219 Å². The summed E-state index contributed by atoms with van der Waals surface area (Å²) < 4.78 is 0. The predicted octanol–water partition coefficient (Wildman–Crippen LogP) is 4.77. The third-order valence-corrected chi connectivity index (χ3v) is 8.11. The van der Waals surface area contributed by atoms with E-state index in [1.807, 2.05) is 59.5 Å². The van der Waals surface area contributed by atoms with Crippen LogP contribution in [0, 0.1) is 0 Å². The van der Waals surface area contributed by atoms with Crippen molar-refractivity contribution in [1.29, 1.82) is 0 Å². The lowest BCUT2D eigenvalue weighted by molar-refractivity contribution is -0.129. The van der Waals surface area contributed by atoms with E-state index in [2.05, 4.69) is 30.5 Å². The van der Waals surface area contributed by atoms with Crippen LogP contribution in [-0.4, -0.2) is 48.3 Å². The second-order valence-electron chi connectivity index (χ2n) is 10.3. The minimum Gasteiger partial charge on any atom is -0.349 e. The van der Waals surface area contributed by atoms with E-state index in [0.29, 0.717) is 37.9 Å². The van der Waals surface area contributed by atoms with Gasteiger partial charge in [0.15, 0.2) is 0 Å². The van der Waals surface area contributed by atoms with E-state index >= 15 is 0 Å². The minimum absolute atomic E-state index is 0.0290. The number of hydrogen-bond donors (Lipinski definition) is 1. The summed E-state index contributed by atoms with van der Waals surface area (Å²) in [7, 11) is 0. The molecule has 0 unspecified atom stereocenters. The second kappa shape index (κ2) is 10.8. The maximum Gasteiger partial charge on any atom is 0.253 e. The molecule has 0 aromatic heterocycles. The summed E-state index contributed by atoms with van der Waals surface area (Å²) in [5, 5.41) is 3.29. The highest BCUT2D eigenvalue weighted by Gasteiger charge is 2.44. The highest BCUT2D eigenvalue weighted by atomic mass is 16.2. The predicted molar refractivity (Wildman–Crippen MR) is 145 cm³/mol. The first-order valence-corrected chi connectivity index (χ1v) is 13.4. The Bertz CT molecular complexity index is 1210. The molecule has 192 valence electrons. The van der Waals surface area contributed by atoms with Crippen LogP contribution in [0.25, 0.3) is 0 Å². The van der Waals surface area contributed by atoms with Gasteiger partial charge in [-0.25, -0.2) is 0 Å². The number of allylic oxidation sites excluding steroid dienone is 3. The van der Waals surface area contributed by atoms with Crippen LogP contribution in [0.1, 0.15) is 61.4 Å². The third kappa shape index (κ3) is 5.10. The van der Waals surface area contributed by atoms with Gasteiger partial charge in [-0.05, 0) is 74.4 Å². The van der Waals surface area contributed by atoms with Gasteiger partial charge in [0.2, 0.25) is 11.8 Å². The molecule has 3 amide bonds. The van der Waals surface area contributed by atoms with Crippen molar-refractivity contribution >= 4 is 23.4 Å². The third-order valence-electron chi connectivity index (χ3n) is 8.11. The van der Waals surface area contributed by atoms with Gasteiger partial charge in [0.1, 0.15) is 0 Å². The summed E-state index contributed by atoms with van der Waals surface area (Å²) in [6, 6.07) is 17.3. The van der Waals surface area contributed by atoms with Gasteiger partial charge >= 0.3 is 0 Å². The molecule has 6 heteroatoms. The summed E-state index contributed by atoms with van der Waals surface area (Å²) in [5.74, 6) is 0.137. The van der Waals surface area contributed by atoms with E-state index in [1.165, 1.54) is 5.57 Å². The molecule has 37 heavy (non-hydrogen) atoms. The zero-order chi connectivity index (χ0) is 25.8. The van der Waals surface area contributed by atoms with E-state index in [-0.39, 0.29) is 23.8 Å². The Morgan fingerprint density at radius 2 is 1.68 bits per heavy atom. The molecular formula is C31H35N3O3. The Balaban J connectivity index is 1.29. The highest BCUT2D eigenvalue weighted by Crippen LogP contribution is 2.37. The second-order valence-corrected chi connectivity index (χ2v) is 10.3. The van der Waals surface area contributed by atoms with Crippen LogP contribution in [0.3, 0.4) is 0 Å². The molecule has 3 aliphatic rings. The molecule has 0 saturated carbocycles. The van der Waals surface area contributed by atoms with Crippen molar-refractivity contribution in [3.63, 3.8) is 0 Å². The molecule has 0 radical (unpaired) electrons. The molecule has 6 nitrogen and oxygen atoms in total. The summed E-state index contributed by atoms with van der Waals surface area (Å²) in [4.78, 5) is 42.8. The van der Waals surface area contributed by atoms with Gasteiger partial charge in [-0.1, -0.05) is 48.6 Å². The van der Waals surface area contributed by atoms with Gasteiger partial charge in [-0.2, -0.15) is 0 Å². The number of anilines is 1. The van der Waals surface area contributed by atoms with Crippen molar-refractivity contribution in [3.8, 4) is 0 Å². The topological polar surface area (TPSA) is 69.7 Å². The number of nitrogens with one attached hydrogen (secondary N) is 1. The number of nitrogens with zero attached hydrogens (tertiary/aromatic N) is 2. The number of carbonyl (C=O) groups excluding carboxylic acids is 3. The number of likely N-dealkylation sites (tertiary alicyclic amines) is 1. The first-order chi connectivity index (χ1) is 18.0. The maximum absolute atomic E-state index is 13.8. The molecule has 2 aliphatic heterocycles. The zero-order valence-electron chi connectivity index (χ0n) is 21.5. The van der Waals surface area contributed by atoms with Crippen LogP contribution >= 0.6 is 0 Å². The van der Waals surface area contributed by atoms with E-state index in [1.54, 1.807) is 4.90 Å². The van der Waals surface area contributed by atoms with Gasteiger partial charge in [0.25, 0.3) is 5.91 Å². The van der Waals surface area contributed by atoms with Crippen molar-refractivity contribution in [3.05, 3.63) is 89.5 Å². The quantitative estimate of drug-likeness (QED) is 0.625. The number of hydrogen-bond acceptors (Lipinski definition) is 3. The molecule has 2 fully saturated rings. The van der Waals surface area contributed by atoms with Crippen molar-refractivity contribution in [2.24, 2.45) is 0 Å². The van der Waals surface area contributed by atoms with Crippen molar-refractivity contribution in [2.45, 2.75) is 56.9 Å². The van der Waals surface area contributed by atoms with Crippen molar-refractivity contribution in [2.75, 3.05) is 24.5 Å². The van der Waals surface area contributed by atoms with Crippen molar-refractivity contribution in [1.82, 2.24) is 10.2 Å². The highest BCUT2D eigenvalue weighted by molar-refractivity contribution is 5.98. The fourth-order valence-electron chi connectivity index (χ4n) is 5.79. The van der Waals surface area contributed by atoms with Crippen LogP contribution < -0.4 is 10.2 Å². The van der Waals surface area contributed by atoms with Gasteiger partial charge < -0.3 is 15.1 Å². The van der Waals surface area contributed by atoms with Crippen LogP contribution in [0.4, 0.5) is 5.69 Å². The maximum atomic E-state index is 13.8. The molecule has 2 aromatic rings. The largest absolute Gasteiger partial charge is 0.349 e. The van der Waals surface area contributed by atoms with Crippen molar-refractivity contribution < 1.29 is 14.4 Å². The molecule has 1 N–H and O–H groups in total. The molecule has 1 aliphatic carbocycles. The summed E-state index contributed by atoms with van der Waals surface area (Å²) in [6.07, 6.45) is 10.9. The number of benzene rings is 2. The van der Waals surface area contributed by atoms with Gasteiger partial charge in [0, 0.05) is 43.3 Å². The number of carbonyl (C=O) groups is 3.